The first-order valence-electron chi connectivity index (χ1n) is 19.7. The Morgan fingerprint density at radius 2 is 1.27 bits per heavy atom. The number of carbonyl (C=O) groups excluding carboxylic acids is 1. The van der Waals surface area contributed by atoms with E-state index < -0.39 is 23.5 Å². The van der Waals surface area contributed by atoms with Crippen molar-refractivity contribution in [3.8, 4) is 11.4 Å². The first-order valence-corrected chi connectivity index (χ1v) is 20.4. The van der Waals surface area contributed by atoms with Crippen LogP contribution in [-0.2, 0) is 0 Å². The van der Waals surface area contributed by atoms with Crippen molar-refractivity contribution in [2.75, 3.05) is 34.4 Å². The molecular formula is C42H42BCl2FN14NaO4S2. The van der Waals surface area contributed by atoms with Crippen LogP contribution < -0.4 is 61.9 Å². The summed E-state index contributed by atoms with van der Waals surface area (Å²) in [4.78, 5) is 59.4. The molecule has 10 rings (SSSR count). The van der Waals surface area contributed by atoms with E-state index >= 15 is 0 Å². The first kappa shape index (κ1) is 52.5. The van der Waals surface area contributed by atoms with Gasteiger partial charge in [0.05, 0.1) is 45.2 Å². The molecule has 6 aromatic heterocycles. The molecule has 0 aliphatic carbocycles. The number of aromatic nitrogens is 10. The molecule has 0 spiro atoms. The molecule has 2 aliphatic rings. The molecule has 2 fully saturated rings. The number of hydrogen-bond donors (Lipinski definition) is 3. The van der Waals surface area contributed by atoms with E-state index in [9.17, 15) is 23.9 Å². The number of aliphatic hydroxyl groups is 1. The summed E-state index contributed by atoms with van der Waals surface area (Å²) >= 11 is 12.5. The Kier molecular flexibility index (Phi) is 16.6. The number of nitrogens with zero attached hydrogens (tertiary/aromatic N) is 12. The van der Waals surface area contributed by atoms with Gasteiger partial charge in [-0.25, -0.2) is 23.4 Å². The molecule has 18 nitrogen and oxygen atoms in total. The molecule has 8 aromatic rings. The quantitative estimate of drug-likeness (QED) is 0.147. The van der Waals surface area contributed by atoms with E-state index in [1.807, 2.05) is 40.1 Å². The monoisotopic (exact) mass is 993 g/mol. The molecule has 2 aliphatic heterocycles. The Morgan fingerprint density at radius 1 is 0.776 bits per heavy atom. The average molecular weight is 995 g/mol. The molecule has 25 heteroatoms. The average Bonchev–Trinajstić information content (AvgIpc) is 3.79. The maximum absolute atomic E-state index is 14.0. The Bertz CT molecular complexity index is 3240. The van der Waals surface area contributed by atoms with Crippen molar-refractivity contribution in [2.24, 2.45) is 0 Å². The van der Waals surface area contributed by atoms with Crippen LogP contribution in [0.15, 0.2) is 101 Å². The summed E-state index contributed by atoms with van der Waals surface area (Å²) in [6, 6.07) is 17.6. The van der Waals surface area contributed by atoms with Crippen LogP contribution in [-0.4, -0.2) is 80.7 Å². The van der Waals surface area contributed by atoms with Gasteiger partial charge in [-0.15, -0.1) is 0 Å². The molecular weight excluding hydrogens is 952 g/mol. The SMILES string of the molecule is CC(=O)c1cnc(N)nc1N1CC[C@H]1c1nn2ccc(Cl)c2c(=O)n1-c1cccc(F)c1.CC(O)c1cnc(N)nc1N1CC[C@H]1c1nn2ccc(Cl)c2c(=O)n1-c1ccccc1.S.S.[B].[H-].[Na+]. The molecule has 2 saturated heterocycles. The van der Waals surface area contributed by atoms with Crippen molar-refractivity contribution in [1.82, 2.24) is 48.3 Å². The minimum Gasteiger partial charge on any atom is -1.00 e. The minimum atomic E-state index is -0.771. The number of carbonyl (C=O) groups is 1. The second kappa shape index (κ2) is 21.2. The number of Topliss-reactive ketones (excluding diaryl/α,β-unsaturated/α-hetero) is 1. The Labute approximate surface area is 431 Å². The number of hydrogen-bond acceptors (Lipinski definition) is 14. The van der Waals surface area contributed by atoms with E-state index in [-0.39, 0.29) is 106 Å². The van der Waals surface area contributed by atoms with Gasteiger partial charge in [0.25, 0.3) is 11.1 Å². The van der Waals surface area contributed by atoms with Crippen LogP contribution in [0.2, 0.25) is 10.0 Å². The molecule has 0 saturated carbocycles. The summed E-state index contributed by atoms with van der Waals surface area (Å²) in [6.07, 6.45) is 6.79. The molecule has 2 aromatic carbocycles. The number of para-hydroxylation sites is 1. The van der Waals surface area contributed by atoms with Crippen LogP contribution in [0.3, 0.4) is 0 Å². The molecule has 3 radical (unpaired) electrons. The molecule has 0 bridgehead atoms. The predicted molar refractivity (Wildman–Crippen MR) is 262 cm³/mol. The van der Waals surface area contributed by atoms with Crippen LogP contribution >= 0.6 is 50.2 Å². The Balaban J connectivity index is 0.000000276. The van der Waals surface area contributed by atoms with Crippen molar-refractivity contribution < 1.29 is 45.3 Å². The first-order chi connectivity index (χ1) is 30.3. The summed E-state index contributed by atoms with van der Waals surface area (Å²) in [5, 5.41) is 20.2. The number of halogens is 3. The molecule has 0 amide bonds. The van der Waals surface area contributed by atoms with Crippen molar-refractivity contribution in [1.29, 1.82) is 0 Å². The van der Waals surface area contributed by atoms with Gasteiger partial charge in [-0.2, -0.15) is 47.2 Å². The Morgan fingerprint density at radius 3 is 1.76 bits per heavy atom. The standard InChI is InChI=1S/C21H17ClFN7O2.C21H20ClN7O2.B.Na.2H2S.H/c1-11(31)14-10-25-21(24)26-18(14)28-7-6-16(28)19-27-29-8-5-15(22)17(29)20(32)30(19)13-4-2-3-12(23)9-13;1-12(30)14-11-24-21(23)25-18(14)27-9-8-16(27)19-26-28-10-7-15(22)17(28)20(31)29(19)13-5-3-2-4-6-13;;;;;/h2-5,8-10,16H,6-7H2,1H3,(H2,24,25,26);2-7,10-12,16,30H,8-9H2,1H3,(H2,23,24,25);;;2*1H2;/q;;;+1;;;-1/t16-;12?,16-;;;;;/m00...../s1. The molecule has 3 atom stereocenters. The normalized spacial score (nSPS) is 15.4. The second-order valence-corrected chi connectivity index (χ2v) is 15.7. The van der Waals surface area contributed by atoms with Crippen molar-refractivity contribution in [3.63, 3.8) is 0 Å². The predicted octanol–water partition coefficient (Wildman–Crippen LogP) is 2.28. The zero-order chi connectivity index (χ0) is 44.3. The largest absolute Gasteiger partial charge is 1.00 e. The van der Waals surface area contributed by atoms with Gasteiger partial charge in [-0.3, -0.25) is 23.5 Å². The van der Waals surface area contributed by atoms with Crippen LogP contribution in [0.4, 0.5) is 27.9 Å². The number of ketones is 1. The number of nitrogens with two attached hydrogens (primary N) is 2. The number of benzene rings is 2. The number of anilines is 4. The number of nitrogen functional groups attached to an aromatic ring is 2. The molecule has 5 N–H and O–H groups in total. The van der Waals surface area contributed by atoms with Crippen LogP contribution in [0.5, 0.6) is 0 Å². The van der Waals surface area contributed by atoms with Crippen LogP contribution in [0.25, 0.3) is 22.4 Å². The fourth-order valence-electron chi connectivity index (χ4n) is 7.81. The summed E-state index contributed by atoms with van der Waals surface area (Å²) in [5.41, 5.74) is 13.3. The minimum absolute atomic E-state index is 0. The van der Waals surface area contributed by atoms with E-state index in [1.54, 1.807) is 42.1 Å². The zero-order valence-corrected chi connectivity index (χ0v) is 41.6. The van der Waals surface area contributed by atoms with Gasteiger partial charge >= 0.3 is 29.6 Å². The van der Waals surface area contributed by atoms with E-state index in [1.165, 1.54) is 51.1 Å². The topological polar surface area (TPSA) is 226 Å². The van der Waals surface area contributed by atoms with Gasteiger partial charge in [0.1, 0.15) is 28.5 Å². The van der Waals surface area contributed by atoms with Crippen molar-refractivity contribution in [3.05, 3.63) is 151 Å². The summed E-state index contributed by atoms with van der Waals surface area (Å²) in [7, 11) is 0. The maximum atomic E-state index is 14.0. The van der Waals surface area contributed by atoms with E-state index in [0.717, 1.165) is 6.42 Å². The smallest absolute Gasteiger partial charge is 1.00 e. The van der Waals surface area contributed by atoms with Gasteiger partial charge in [-0.05, 0) is 69.2 Å². The third-order valence-corrected chi connectivity index (χ3v) is 11.6. The van der Waals surface area contributed by atoms with Gasteiger partial charge < -0.3 is 27.8 Å². The molecule has 8 heterocycles. The summed E-state index contributed by atoms with van der Waals surface area (Å²) < 4.78 is 19.9. The molecule has 1 unspecified atom stereocenters. The number of rotatable bonds is 8. The fourth-order valence-corrected chi connectivity index (χ4v) is 8.26. The maximum Gasteiger partial charge on any atom is 1.00 e. The number of aliphatic hydroxyl groups excluding tert-OH is 1. The summed E-state index contributed by atoms with van der Waals surface area (Å²) in [6.45, 7) is 4.31. The third kappa shape index (κ3) is 9.66. The zero-order valence-electron chi connectivity index (χ0n) is 37.1. The second-order valence-electron chi connectivity index (χ2n) is 14.9. The van der Waals surface area contributed by atoms with Crippen LogP contribution in [0, 0.1) is 5.82 Å². The number of fused-ring (bicyclic) bond motifs is 2. The summed E-state index contributed by atoms with van der Waals surface area (Å²) in [5.74, 6) is 1.26. The van der Waals surface area contributed by atoms with Gasteiger partial charge in [0.15, 0.2) is 17.4 Å². The van der Waals surface area contributed by atoms with E-state index in [4.69, 9.17) is 39.8 Å². The van der Waals surface area contributed by atoms with E-state index in [2.05, 4.69) is 25.0 Å². The fraction of sp³-hybridized carbons (Fsp3) is 0.214. The van der Waals surface area contributed by atoms with Gasteiger partial charge in [0.2, 0.25) is 11.9 Å². The van der Waals surface area contributed by atoms with Crippen molar-refractivity contribution in [2.45, 2.75) is 44.9 Å². The molecule has 67 heavy (non-hydrogen) atoms. The van der Waals surface area contributed by atoms with Gasteiger partial charge in [0, 0.05) is 51.9 Å². The van der Waals surface area contributed by atoms with E-state index in [0.29, 0.717) is 75.8 Å². The Hall–Kier alpha value is -5.46. The van der Waals surface area contributed by atoms with Crippen LogP contribution in [0.1, 0.15) is 73.9 Å². The van der Waals surface area contributed by atoms with Gasteiger partial charge in [-0.1, -0.05) is 47.5 Å². The van der Waals surface area contributed by atoms with Crippen molar-refractivity contribution >= 4 is 99.0 Å². The third-order valence-electron chi connectivity index (χ3n) is 11.0. The molecule has 341 valence electrons.